The third kappa shape index (κ3) is 4.07. The van der Waals surface area contributed by atoms with Gasteiger partial charge in [-0.2, -0.15) is 0 Å². The van der Waals surface area contributed by atoms with E-state index in [0.717, 1.165) is 24.2 Å². The molecule has 3 nitrogen and oxygen atoms in total. The molecule has 0 heterocycles. The van der Waals surface area contributed by atoms with Crippen molar-refractivity contribution in [2.45, 2.75) is 6.42 Å². The Morgan fingerprint density at radius 3 is 2.84 bits per heavy atom. The van der Waals surface area contributed by atoms with Crippen molar-refractivity contribution < 1.29 is 4.84 Å². The molecule has 0 aromatic heterocycles. The highest BCUT2D eigenvalue weighted by Gasteiger charge is 2.16. The van der Waals surface area contributed by atoms with Crippen molar-refractivity contribution in [2.24, 2.45) is 11.1 Å². The Labute approximate surface area is 114 Å². The summed E-state index contributed by atoms with van der Waals surface area (Å²) in [7, 11) is 1.90. The number of hydrogen-bond donors (Lipinski definition) is 1. The van der Waals surface area contributed by atoms with Gasteiger partial charge in [-0.05, 0) is 19.0 Å². The fourth-order valence-electron chi connectivity index (χ4n) is 1.99. The molecule has 1 N–H and O–H groups in total. The maximum Gasteiger partial charge on any atom is 0.129 e. The van der Waals surface area contributed by atoms with Crippen LogP contribution in [0, 0.1) is 5.92 Å². The standard InChI is InChI=1S/C16H20N2O/c1-17-12-13-19-18-16(14-8-4-2-5-9-14)15-10-6-3-7-11-15/h2-10,15,17H,11-13H2,1H3/b18-16+. The molecule has 100 valence electrons. The van der Waals surface area contributed by atoms with Gasteiger partial charge in [0.15, 0.2) is 0 Å². The second-order valence-electron chi connectivity index (χ2n) is 4.43. The first-order valence-electron chi connectivity index (χ1n) is 6.65. The van der Waals surface area contributed by atoms with Crippen LogP contribution in [-0.4, -0.2) is 25.9 Å². The lowest BCUT2D eigenvalue weighted by Crippen LogP contribution is -2.17. The minimum Gasteiger partial charge on any atom is -0.394 e. The molecule has 1 aromatic carbocycles. The quantitative estimate of drug-likeness (QED) is 0.482. The minimum atomic E-state index is 0.294. The summed E-state index contributed by atoms with van der Waals surface area (Å²) in [4.78, 5) is 5.41. The van der Waals surface area contributed by atoms with Gasteiger partial charge in [0.05, 0.1) is 5.71 Å². The molecule has 0 saturated carbocycles. The van der Waals surface area contributed by atoms with Crippen molar-refractivity contribution in [3.8, 4) is 0 Å². The Hall–Kier alpha value is -1.87. The summed E-state index contributed by atoms with van der Waals surface area (Å²) in [6.45, 7) is 1.38. The van der Waals surface area contributed by atoms with Gasteiger partial charge in [-0.25, -0.2) is 0 Å². The predicted octanol–water partition coefficient (Wildman–Crippen LogP) is 2.76. The Bertz CT molecular complexity index is 463. The molecule has 1 aliphatic rings. The van der Waals surface area contributed by atoms with Crippen LogP contribution < -0.4 is 5.32 Å². The number of benzene rings is 1. The molecule has 0 amide bonds. The van der Waals surface area contributed by atoms with Gasteiger partial charge >= 0.3 is 0 Å². The monoisotopic (exact) mass is 256 g/mol. The zero-order valence-corrected chi connectivity index (χ0v) is 11.3. The molecule has 0 saturated heterocycles. The molecular weight excluding hydrogens is 236 g/mol. The SMILES string of the molecule is CNCCO/N=C(\c1ccccc1)C1C=CC=CC1. The number of hydrogen-bond acceptors (Lipinski definition) is 3. The average molecular weight is 256 g/mol. The molecule has 0 radical (unpaired) electrons. The molecule has 19 heavy (non-hydrogen) atoms. The Morgan fingerprint density at radius 2 is 2.16 bits per heavy atom. The smallest absolute Gasteiger partial charge is 0.129 e. The first-order valence-corrected chi connectivity index (χ1v) is 6.65. The predicted molar refractivity (Wildman–Crippen MR) is 79.2 cm³/mol. The fourth-order valence-corrected chi connectivity index (χ4v) is 1.99. The number of allylic oxidation sites excluding steroid dienone is 4. The van der Waals surface area contributed by atoms with E-state index < -0.39 is 0 Å². The van der Waals surface area contributed by atoms with E-state index in [-0.39, 0.29) is 0 Å². The van der Waals surface area contributed by atoms with Crippen LogP contribution in [-0.2, 0) is 4.84 Å². The van der Waals surface area contributed by atoms with Crippen molar-refractivity contribution in [1.82, 2.24) is 5.32 Å². The van der Waals surface area contributed by atoms with E-state index in [1.807, 2.05) is 25.2 Å². The fraction of sp³-hybridized carbons (Fsp3) is 0.312. The van der Waals surface area contributed by atoms with Crippen LogP contribution in [0.15, 0.2) is 59.8 Å². The first-order chi connectivity index (χ1) is 9.42. The highest BCUT2D eigenvalue weighted by Crippen LogP contribution is 2.19. The number of oxime groups is 1. The van der Waals surface area contributed by atoms with Crippen molar-refractivity contribution in [3.63, 3.8) is 0 Å². The molecule has 0 aliphatic heterocycles. The summed E-state index contributed by atoms with van der Waals surface area (Å²) in [6, 6.07) is 10.2. The van der Waals surface area contributed by atoms with Gasteiger partial charge in [-0.3, -0.25) is 0 Å². The van der Waals surface area contributed by atoms with Crippen molar-refractivity contribution >= 4 is 5.71 Å². The van der Waals surface area contributed by atoms with Crippen LogP contribution in [0.1, 0.15) is 12.0 Å². The molecule has 2 rings (SSSR count). The average Bonchev–Trinajstić information content (AvgIpc) is 2.49. The zero-order valence-electron chi connectivity index (χ0n) is 11.3. The number of rotatable bonds is 6. The van der Waals surface area contributed by atoms with E-state index in [0.29, 0.717) is 12.5 Å². The molecule has 0 bridgehead atoms. The van der Waals surface area contributed by atoms with E-state index in [9.17, 15) is 0 Å². The second kappa shape index (κ2) is 7.54. The third-order valence-corrected chi connectivity index (χ3v) is 3.01. The van der Waals surface area contributed by atoms with E-state index >= 15 is 0 Å². The largest absolute Gasteiger partial charge is 0.394 e. The summed E-state index contributed by atoms with van der Waals surface area (Å²) >= 11 is 0. The van der Waals surface area contributed by atoms with E-state index in [1.165, 1.54) is 0 Å². The van der Waals surface area contributed by atoms with Gasteiger partial charge in [0.2, 0.25) is 0 Å². The summed E-state index contributed by atoms with van der Waals surface area (Å²) in [5.74, 6) is 0.294. The first kappa shape index (κ1) is 13.6. The number of nitrogens with zero attached hydrogens (tertiary/aromatic N) is 1. The summed E-state index contributed by atoms with van der Waals surface area (Å²) in [5, 5.41) is 7.39. The van der Waals surface area contributed by atoms with E-state index in [4.69, 9.17) is 4.84 Å². The third-order valence-electron chi connectivity index (χ3n) is 3.01. The highest BCUT2D eigenvalue weighted by atomic mass is 16.6. The minimum absolute atomic E-state index is 0.294. The van der Waals surface area contributed by atoms with Gasteiger partial charge in [-0.15, -0.1) is 0 Å². The van der Waals surface area contributed by atoms with Gasteiger partial charge in [0.1, 0.15) is 6.61 Å². The molecule has 1 atom stereocenters. The summed E-state index contributed by atoms with van der Waals surface area (Å²) in [6.07, 6.45) is 9.45. The Kier molecular flexibility index (Phi) is 5.38. The molecule has 0 fully saturated rings. The number of likely N-dealkylation sites (N-methyl/N-ethyl adjacent to an activating group) is 1. The molecular formula is C16H20N2O. The highest BCUT2D eigenvalue weighted by molar-refractivity contribution is 6.03. The molecule has 1 aliphatic carbocycles. The number of nitrogens with one attached hydrogen (secondary N) is 1. The van der Waals surface area contributed by atoms with E-state index in [2.05, 4.69) is 46.9 Å². The maximum atomic E-state index is 5.41. The van der Waals surface area contributed by atoms with Crippen LogP contribution in [0.25, 0.3) is 0 Å². The lowest BCUT2D eigenvalue weighted by atomic mass is 9.91. The van der Waals surface area contributed by atoms with Crippen LogP contribution in [0.4, 0.5) is 0 Å². The summed E-state index contributed by atoms with van der Waals surface area (Å²) < 4.78 is 0. The van der Waals surface area contributed by atoms with Crippen molar-refractivity contribution in [3.05, 3.63) is 60.2 Å². The van der Waals surface area contributed by atoms with Crippen LogP contribution in [0.3, 0.4) is 0 Å². The molecule has 1 unspecified atom stereocenters. The van der Waals surface area contributed by atoms with Crippen molar-refractivity contribution in [1.29, 1.82) is 0 Å². The second-order valence-corrected chi connectivity index (χ2v) is 4.43. The normalized spacial score (nSPS) is 18.6. The summed E-state index contributed by atoms with van der Waals surface area (Å²) in [5.41, 5.74) is 2.12. The zero-order chi connectivity index (χ0) is 13.3. The Morgan fingerprint density at radius 1 is 1.32 bits per heavy atom. The topological polar surface area (TPSA) is 33.6 Å². The van der Waals surface area contributed by atoms with Crippen molar-refractivity contribution in [2.75, 3.05) is 20.2 Å². The molecule has 1 aromatic rings. The lowest BCUT2D eigenvalue weighted by molar-refractivity contribution is 0.146. The van der Waals surface area contributed by atoms with Gasteiger partial charge in [-0.1, -0.05) is 59.8 Å². The van der Waals surface area contributed by atoms with Gasteiger partial charge in [0.25, 0.3) is 0 Å². The van der Waals surface area contributed by atoms with Gasteiger partial charge < -0.3 is 10.2 Å². The maximum absolute atomic E-state index is 5.41. The van der Waals surface area contributed by atoms with Crippen LogP contribution in [0.5, 0.6) is 0 Å². The molecule has 3 heteroatoms. The van der Waals surface area contributed by atoms with Crippen LogP contribution >= 0.6 is 0 Å². The van der Waals surface area contributed by atoms with Crippen LogP contribution in [0.2, 0.25) is 0 Å². The Balaban J connectivity index is 2.13. The molecule has 0 spiro atoms. The van der Waals surface area contributed by atoms with Gasteiger partial charge in [0, 0.05) is 12.5 Å². The van der Waals surface area contributed by atoms with E-state index in [1.54, 1.807) is 0 Å². The lowest BCUT2D eigenvalue weighted by Gasteiger charge is -2.16.